The molecule has 0 saturated carbocycles. The molecule has 1 amide bonds. The predicted molar refractivity (Wildman–Crippen MR) is 110 cm³/mol. The van der Waals surface area contributed by atoms with Crippen LogP contribution in [0.25, 0.3) is 10.9 Å². The van der Waals surface area contributed by atoms with E-state index in [0.29, 0.717) is 12.6 Å². The number of para-hydroxylation sites is 1. The topological polar surface area (TPSA) is 54.1 Å². The molecule has 140 valence electrons. The van der Waals surface area contributed by atoms with Crippen molar-refractivity contribution < 1.29 is 9.53 Å². The summed E-state index contributed by atoms with van der Waals surface area (Å²) in [7, 11) is 0. The molecule has 4 rings (SSSR count). The fourth-order valence-electron chi connectivity index (χ4n) is 3.48. The Labute approximate surface area is 163 Å². The van der Waals surface area contributed by atoms with Gasteiger partial charge in [-0.05, 0) is 43.0 Å². The molecule has 0 spiro atoms. The van der Waals surface area contributed by atoms with Crippen LogP contribution < -0.4 is 5.32 Å². The SMILES string of the molecule is O=C(NCCc1c[nH]c2ccccc12)c1ccccc1SC[C@@H]1CCCO1. The highest BCUT2D eigenvalue weighted by Crippen LogP contribution is 2.26. The fourth-order valence-corrected chi connectivity index (χ4v) is 4.60. The molecule has 3 aromatic rings. The number of hydrogen-bond donors (Lipinski definition) is 2. The number of carbonyl (C=O) groups excluding carboxylic acids is 1. The van der Waals surface area contributed by atoms with Crippen LogP contribution in [-0.2, 0) is 11.2 Å². The van der Waals surface area contributed by atoms with Crippen LogP contribution in [0.15, 0.2) is 59.6 Å². The van der Waals surface area contributed by atoms with Crippen molar-refractivity contribution in [3.63, 3.8) is 0 Å². The third kappa shape index (κ3) is 4.37. The molecule has 0 unspecified atom stereocenters. The minimum atomic E-state index is -0.00900. The maximum absolute atomic E-state index is 12.7. The third-order valence-electron chi connectivity index (χ3n) is 4.94. The van der Waals surface area contributed by atoms with E-state index >= 15 is 0 Å². The first-order chi connectivity index (χ1) is 13.3. The van der Waals surface area contributed by atoms with E-state index in [1.54, 1.807) is 11.8 Å². The minimum absolute atomic E-state index is 0.00900. The molecule has 2 N–H and O–H groups in total. The molecule has 2 heterocycles. The van der Waals surface area contributed by atoms with Crippen molar-refractivity contribution in [3.05, 3.63) is 65.9 Å². The molecule has 1 aromatic heterocycles. The molecule has 1 fully saturated rings. The lowest BCUT2D eigenvalue weighted by atomic mass is 10.1. The number of ether oxygens (including phenoxy) is 1. The van der Waals surface area contributed by atoms with E-state index in [1.165, 1.54) is 10.9 Å². The Balaban J connectivity index is 1.35. The molecule has 1 aliphatic rings. The first kappa shape index (κ1) is 18.1. The molecular weight excluding hydrogens is 356 g/mol. The monoisotopic (exact) mass is 380 g/mol. The second-order valence-electron chi connectivity index (χ2n) is 6.81. The van der Waals surface area contributed by atoms with Crippen molar-refractivity contribution in [2.45, 2.75) is 30.3 Å². The second kappa shape index (κ2) is 8.63. The van der Waals surface area contributed by atoms with Gasteiger partial charge in [0.25, 0.3) is 5.91 Å². The summed E-state index contributed by atoms with van der Waals surface area (Å²) >= 11 is 1.71. The highest BCUT2D eigenvalue weighted by Gasteiger charge is 2.17. The number of fused-ring (bicyclic) bond motifs is 1. The summed E-state index contributed by atoms with van der Waals surface area (Å²) in [6, 6.07) is 16.1. The lowest BCUT2D eigenvalue weighted by molar-refractivity contribution is 0.0951. The minimum Gasteiger partial charge on any atom is -0.377 e. The Bertz CT molecular complexity index is 915. The number of thioether (sulfide) groups is 1. The number of rotatable bonds is 7. The number of aromatic nitrogens is 1. The molecule has 27 heavy (non-hydrogen) atoms. The zero-order valence-corrected chi connectivity index (χ0v) is 16.1. The van der Waals surface area contributed by atoms with Crippen molar-refractivity contribution in [2.24, 2.45) is 0 Å². The number of H-pyrrole nitrogens is 1. The average molecular weight is 381 g/mol. The summed E-state index contributed by atoms with van der Waals surface area (Å²) < 4.78 is 5.69. The van der Waals surface area contributed by atoms with Gasteiger partial charge in [-0.15, -0.1) is 11.8 Å². The van der Waals surface area contributed by atoms with E-state index < -0.39 is 0 Å². The van der Waals surface area contributed by atoms with Crippen LogP contribution >= 0.6 is 11.8 Å². The van der Waals surface area contributed by atoms with Gasteiger partial charge in [0.1, 0.15) is 0 Å². The number of hydrogen-bond acceptors (Lipinski definition) is 3. The van der Waals surface area contributed by atoms with Gasteiger partial charge in [-0.2, -0.15) is 0 Å². The summed E-state index contributed by atoms with van der Waals surface area (Å²) in [4.78, 5) is 17.0. The Morgan fingerprint density at radius 3 is 2.93 bits per heavy atom. The van der Waals surface area contributed by atoms with Gasteiger partial charge in [-0.3, -0.25) is 4.79 Å². The molecule has 0 radical (unpaired) electrons. The fraction of sp³-hybridized carbons (Fsp3) is 0.318. The largest absolute Gasteiger partial charge is 0.377 e. The Hall–Kier alpha value is -2.24. The van der Waals surface area contributed by atoms with E-state index in [2.05, 4.69) is 22.4 Å². The van der Waals surface area contributed by atoms with E-state index in [1.807, 2.05) is 42.6 Å². The number of amides is 1. The van der Waals surface area contributed by atoms with Crippen molar-refractivity contribution in [1.29, 1.82) is 0 Å². The maximum atomic E-state index is 12.7. The van der Waals surface area contributed by atoms with Gasteiger partial charge in [0.2, 0.25) is 0 Å². The van der Waals surface area contributed by atoms with E-state index in [4.69, 9.17) is 4.74 Å². The molecule has 0 aliphatic carbocycles. The molecule has 4 nitrogen and oxygen atoms in total. The lowest BCUT2D eigenvalue weighted by Gasteiger charge is -2.12. The van der Waals surface area contributed by atoms with Gasteiger partial charge >= 0.3 is 0 Å². The maximum Gasteiger partial charge on any atom is 0.252 e. The van der Waals surface area contributed by atoms with Crippen molar-refractivity contribution in [3.8, 4) is 0 Å². The van der Waals surface area contributed by atoms with Crippen molar-refractivity contribution in [1.82, 2.24) is 10.3 Å². The predicted octanol–water partition coefficient (Wildman–Crippen LogP) is 4.41. The standard InChI is InChI=1S/C22H24N2O2S/c25-22(23-12-11-16-14-24-20-9-3-1-7-18(16)20)19-8-2-4-10-21(19)27-15-17-6-5-13-26-17/h1-4,7-10,14,17,24H,5-6,11-13,15H2,(H,23,25)/t17-/m0/s1. The van der Waals surface area contributed by atoms with Crippen LogP contribution in [0.2, 0.25) is 0 Å². The second-order valence-corrected chi connectivity index (χ2v) is 7.87. The van der Waals surface area contributed by atoms with Crippen LogP contribution in [0, 0.1) is 0 Å². The average Bonchev–Trinajstić information content (AvgIpc) is 3.37. The zero-order chi connectivity index (χ0) is 18.5. The zero-order valence-electron chi connectivity index (χ0n) is 15.2. The summed E-state index contributed by atoms with van der Waals surface area (Å²) in [6.45, 7) is 1.48. The molecule has 5 heteroatoms. The molecule has 1 atom stereocenters. The summed E-state index contributed by atoms with van der Waals surface area (Å²) in [6.07, 6.45) is 5.41. The quantitative estimate of drug-likeness (QED) is 0.597. The molecule has 0 bridgehead atoms. The van der Waals surface area contributed by atoms with E-state index in [9.17, 15) is 4.79 Å². The smallest absolute Gasteiger partial charge is 0.252 e. The normalized spacial score (nSPS) is 16.7. The van der Waals surface area contributed by atoms with Crippen molar-refractivity contribution in [2.75, 3.05) is 18.9 Å². The van der Waals surface area contributed by atoms with Crippen LogP contribution in [0.5, 0.6) is 0 Å². The number of nitrogens with one attached hydrogen (secondary N) is 2. The van der Waals surface area contributed by atoms with Gasteiger partial charge in [-0.25, -0.2) is 0 Å². The first-order valence-electron chi connectivity index (χ1n) is 9.48. The lowest BCUT2D eigenvalue weighted by Crippen LogP contribution is -2.26. The van der Waals surface area contributed by atoms with E-state index in [0.717, 1.165) is 47.6 Å². The summed E-state index contributed by atoms with van der Waals surface area (Å²) in [5.41, 5.74) is 3.11. The van der Waals surface area contributed by atoms with Crippen molar-refractivity contribution >= 4 is 28.6 Å². The third-order valence-corrected chi connectivity index (χ3v) is 6.14. The number of benzene rings is 2. The van der Waals surface area contributed by atoms with Gasteiger partial charge in [0, 0.05) is 40.9 Å². The van der Waals surface area contributed by atoms with Gasteiger partial charge < -0.3 is 15.0 Å². The number of carbonyl (C=O) groups is 1. The van der Waals surface area contributed by atoms with Crippen LogP contribution in [0.1, 0.15) is 28.8 Å². The Morgan fingerprint density at radius 2 is 2.04 bits per heavy atom. The highest BCUT2D eigenvalue weighted by atomic mass is 32.2. The molecular formula is C22H24N2O2S. The molecule has 2 aromatic carbocycles. The van der Waals surface area contributed by atoms with Crippen LogP contribution in [0.3, 0.4) is 0 Å². The highest BCUT2D eigenvalue weighted by molar-refractivity contribution is 7.99. The summed E-state index contributed by atoms with van der Waals surface area (Å²) in [5.74, 6) is 0.893. The molecule has 1 saturated heterocycles. The Morgan fingerprint density at radius 1 is 1.19 bits per heavy atom. The van der Waals surface area contributed by atoms with Crippen LogP contribution in [0.4, 0.5) is 0 Å². The van der Waals surface area contributed by atoms with Gasteiger partial charge in [-0.1, -0.05) is 30.3 Å². The Kier molecular flexibility index (Phi) is 5.80. The van der Waals surface area contributed by atoms with Crippen LogP contribution in [-0.4, -0.2) is 35.9 Å². The summed E-state index contributed by atoms with van der Waals surface area (Å²) in [5, 5.41) is 4.29. The van der Waals surface area contributed by atoms with E-state index in [-0.39, 0.29) is 5.91 Å². The first-order valence-corrected chi connectivity index (χ1v) is 10.5. The number of aromatic amines is 1. The van der Waals surface area contributed by atoms with Gasteiger partial charge in [0.05, 0.1) is 11.7 Å². The molecule has 1 aliphatic heterocycles. The van der Waals surface area contributed by atoms with Gasteiger partial charge in [0.15, 0.2) is 0 Å².